The lowest BCUT2D eigenvalue weighted by molar-refractivity contribution is -0.142. The Kier molecular flexibility index (Phi) is 4.37. The minimum atomic E-state index is -5.34. The predicted octanol–water partition coefficient (Wildman–Crippen LogP) is 2.42. The van der Waals surface area contributed by atoms with E-state index < -0.39 is 50.0 Å². The van der Waals surface area contributed by atoms with Crippen molar-refractivity contribution >= 4 is 19.7 Å². The van der Waals surface area contributed by atoms with Crippen LogP contribution in [-0.4, -0.2) is 13.4 Å². The van der Waals surface area contributed by atoms with E-state index in [4.69, 9.17) is 16.4 Å². The van der Waals surface area contributed by atoms with Gasteiger partial charge in [-0.3, -0.25) is 0 Å². The van der Waals surface area contributed by atoms with E-state index in [1.54, 1.807) is 0 Å². The monoisotopic (exact) mass is 324 g/mol. The highest BCUT2D eigenvalue weighted by molar-refractivity contribution is 8.13. The van der Waals surface area contributed by atoms with Crippen LogP contribution >= 0.6 is 10.7 Å². The Hall–Kier alpha value is -1.00. The van der Waals surface area contributed by atoms with Gasteiger partial charge in [0.2, 0.25) is 0 Å². The zero-order chi connectivity index (χ0) is 15.0. The molecule has 19 heavy (non-hydrogen) atoms. The molecule has 0 saturated carbocycles. The van der Waals surface area contributed by atoms with Gasteiger partial charge in [-0.05, 0) is 6.07 Å². The summed E-state index contributed by atoms with van der Waals surface area (Å²) >= 11 is 0. The minimum Gasteiger partial charge on any atom is -0.325 e. The summed E-state index contributed by atoms with van der Waals surface area (Å²) in [6.45, 7) is -0.517. The van der Waals surface area contributed by atoms with Gasteiger partial charge >= 0.3 is 6.18 Å². The van der Waals surface area contributed by atoms with Crippen LogP contribution in [0.3, 0.4) is 0 Å². The normalized spacial score (nSPS) is 13.1. The largest absolute Gasteiger partial charge is 0.419 e. The van der Waals surface area contributed by atoms with Crippen LogP contribution in [0.5, 0.6) is 0 Å². The molecule has 0 radical (unpaired) electrons. The molecule has 11 heteroatoms. The Morgan fingerprint density at radius 2 is 1.89 bits per heavy atom. The molecule has 1 heterocycles. The summed E-state index contributed by atoms with van der Waals surface area (Å²) < 4.78 is 85.5. The molecule has 0 unspecified atom stereocenters. The summed E-state index contributed by atoms with van der Waals surface area (Å²) in [4.78, 5) is 1.53. The van der Waals surface area contributed by atoms with Crippen LogP contribution in [0, 0.1) is 0 Å². The standard InChI is InChI=1S/C8H6ClF5N2O2S/c9-19(17,18)4-1-3(2-15)16-6(7(10)11)5(4)8(12,13)14/h1,7H,2,15H2. The molecule has 0 spiro atoms. The number of nitrogens with two attached hydrogens (primary N) is 1. The summed E-state index contributed by atoms with van der Waals surface area (Å²) in [6, 6.07) is 0.428. The van der Waals surface area contributed by atoms with E-state index in [1.165, 1.54) is 0 Å². The highest BCUT2D eigenvalue weighted by atomic mass is 35.7. The van der Waals surface area contributed by atoms with Gasteiger partial charge in [-0.15, -0.1) is 0 Å². The Morgan fingerprint density at radius 1 is 1.37 bits per heavy atom. The average Bonchev–Trinajstić information content (AvgIpc) is 2.24. The molecule has 0 fully saturated rings. The van der Waals surface area contributed by atoms with E-state index in [1.807, 2.05) is 0 Å². The number of hydrogen-bond donors (Lipinski definition) is 1. The van der Waals surface area contributed by atoms with Crippen molar-refractivity contribution in [2.75, 3.05) is 0 Å². The summed E-state index contributed by atoms with van der Waals surface area (Å²) in [7, 11) is -0.0478. The number of nitrogens with zero attached hydrogens (tertiary/aromatic N) is 1. The van der Waals surface area contributed by atoms with Crippen molar-refractivity contribution in [3.8, 4) is 0 Å². The minimum absolute atomic E-state index is 0.428. The maximum absolute atomic E-state index is 12.7. The van der Waals surface area contributed by atoms with E-state index in [9.17, 15) is 30.4 Å². The molecule has 0 aliphatic heterocycles. The van der Waals surface area contributed by atoms with Crippen LogP contribution in [0.1, 0.15) is 23.4 Å². The first-order valence-corrected chi connectivity index (χ1v) is 6.83. The zero-order valence-corrected chi connectivity index (χ0v) is 10.5. The van der Waals surface area contributed by atoms with E-state index in [-0.39, 0.29) is 0 Å². The Morgan fingerprint density at radius 3 is 2.21 bits per heavy atom. The fraction of sp³-hybridized carbons (Fsp3) is 0.375. The highest BCUT2D eigenvalue weighted by Crippen LogP contribution is 2.40. The first-order chi connectivity index (χ1) is 8.48. The summed E-state index contributed by atoms with van der Waals surface area (Å²) in [5, 5.41) is 0. The number of hydrogen-bond acceptors (Lipinski definition) is 4. The van der Waals surface area contributed by atoms with Gasteiger partial charge in [0.05, 0.1) is 10.6 Å². The Balaban J connectivity index is 3.83. The highest BCUT2D eigenvalue weighted by Gasteiger charge is 2.42. The van der Waals surface area contributed by atoms with Gasteiger partial charge in [0.1, 0.15) is 11.3 Å². The van der Waals surface area contributed by atoms with Crippen LogP contribution in [-0.2, 0) is 21.8 Å². The molecular weight excluding hydrogens is 319 g/mol. The molecule has 0 atom stereocenters. The summed E-state index contributed by atoms with van der Waals surface area (Å²) in [5.41, 5.74) is 0.834. The fourth-order valence-corrected chi connectivity index (χ4v) is 2.44. The van der Waals surface area contributed by atoms with E-state index >= 15 is 0 Å². The number of aromatic nitrogens is 1. The van der Waals surface area contributed by atoms with Crippen molar-refractivity contribution in [2.24, 2.45) is 5.73 Å². The third-order valence-corrected chi connectivity index (χ3v) is 3.37. The van der Waals surface area contributed by atoms with Gasteiger partial charge in [0.15, 0.2) is 0 Å². The van der Waals surface area contributed by atoms with Gasteiger partial charge in [-0.25, -0.2) is 22.2 Å². The van der Waals surface area contributed by atoms with Gasteiger partial charge in [0, 0.05) is 17.2 Å². The molecule has 0 saturated heterocycles. The van der Waals surface area contributed by atoms with Crippen molar-refractivity contribution in [1.82, 2.24) is 4.98 Å². The molecule has 0 aliphatic carbocycles. The van der Waals surface area contributed by atoms with Gasteiger partial charge in [0.25, 0.3) is 15.5 Å². The third-order valence-electron chi connectivity index (χ3n) is 2.03. The average molecular weight is 325 g/mol. The number of alkyl halides is 5. The molecule has 108 valence electrons. The van der Waals surface area contributed by atoms with Gasteiger partial charge < -0.3 is 5.73 Å². The lowest BCUT2D eigenvalue weighted by Gasteiger charge is -2.16. The van der Waals surface area contributed by atoms with E-state index in [0.717, 1.165) is 0 Å². The van der Waals surface area contributed by atoms with Crippen molar-refractivity contribution in [1.29, 1.82) is 0 Å². The third kappa shape index (κ3) is 3.51. The lowest BCUT2D eigenvalue weighted by atomic mass is 10.1. The second-order valence-corrected chi connectivity index (χ2v) is 5.85. The molecular formula is C8H6ClF5N2O2S. The van der Waals surface area contributed by atoms with Crippen LogP contribution in [0.15, 0.2) is 11.0 Å². The van der Waals surface area contributed by atoms with E-state index in [0.29, 0.717) is 6.07 Å². The van der Waals surface area contributed by atoms with Crippen LogP contribution in [0.2, 0.25) is 0 Å². The Bertz CT molecular complexity index is 588. The maximum Gasteiger partial charge on any atom is 0.419 e. The van der Waals surface area contributed by atoms with Gasteiger partial charge in [-0.1, -0.05) is 0 Å². The Labute approximate surface area is 108 Å². The summed E-state index contributed by atoms with van der Waals surface area (Å²) in [5.74, 6) is 0. The predicted molar refractivity (Wildman–Crippen MR) is 55.1 cm³/mol. The second kappa shape index (κ2) is 5.17. The first-order valence-electron chi connectivity index (χ1n) is 4.52. The molecule has 0 aromatic carbocycles. The van der Waals surface area contributed by atoms with Gasteiger partial charge in [-0.2, -0.15) is 13.2 Å². The van der Waals surface area contributed by atoms with Crippen molar-refractivity contribution in [2.45, 2.75) is 24.0 Å². The van der Waals surface area contributed by atoms with Crippen LogP contribution in [0.4, 0.5) is 22.0 Å². The molecule has 4 nitrogen and oxygen atoms in total. The number of pyridine rings is 1. The zero-order valence-electron chi connectivity index (χ0n) is 8.88. The molecule has 0 aliphatic rings. The molecule has 1 aromatic heterocycles. The topological polar surface area (TPSA) is 73.1 Å². The molecule has 2 N–H and O–H groups in total. The number of rotatable bonds is 3. The SMILES string of the molecule is NCc1cc(S(=O)(=O)Cl)c(C(F)(F)F)c(C(F)F)n1. The fourth-order valence-electron chi connectivity index (χ4n) is 1.33. The van der Waals surface area contributed by atoms with Crippen molar-refractivity contribution in [3.63, 3.8) is 0 Å². The molecule has 1 aromatic rings. The van der Waals surface area contributed by atoms with Crippen LogP contribution < -0.4 is 5.73 Å². The van der Waals surface area contributed by atoms with E-state index in [2.05, 4.69) is 4.98 Å². The summed E-state index contributed by atoms with van der Waals surface area (Å²) in [6.07, 6.45) is -8.97. The smallest absolute Gasteiger partial charge is 0.325 e. The molecule has 0 amide bonds. The molecule has 1 rings (SSSR count). The maximum atomic E-state index is 12.7. The first kappa shape index (κ1) is 16.1. The van der Waals surface area contributed by atoms with Crippen molar-refractivity contribution in [3.05, 3.63) is 23.0 Å². The molecule has 0 bridgehead atoms. The van der Waals surface area contributed by atoms with Crippen molar-refractivity contribution < 1.29 is 30.4 Å². The van der Waals surface area contributed by atoms with Crippen LogP contribution in [0.25, 0.3) is 0 Å². The second-order valence-electron chi connectivity index (χ2n) is 3.31. The number of halogens is 6. The quantitative estimate of drug-likeness (QED) is 0.684. The lowest BCUT2D eigenvalue weighted by Crippen LogP contribution is -2.18.